The SMILES string of the molecule is O=C(CSC1=Nc2ccccc2C2=N[C@H](Cc3ccccc3)C(=O)N12)Nc1ccccc1Cl. The van der Waals surface area contributed by atoms with Crippen molar-refractivity contribution in [3.63, 3.8) is 0 Å². The van der Waals surface area contributed by atoms with Gasteiger partial charge in [-0.05, 0) is 29.8 Å². The zero-order valence-corrected chi connectivity index (χ0v) is 19.0. The second-order valence-corrected chi connectivity index (χ2v) is 8.91. The normalized spacial score (nSPS) is 16.6. The first-order valence-corrected chi connectivity index (χ1v) is 11.8. The van der Waals surface area contributed by atoms with E-state index in [-0.39, 0.29) is 17.6 Å². The van der Waals surface area contributed by atoms with Crippen LogP contribution in [0.3, 0.4) is 0 Å². The highest BCUT2D eigenvalue weighted by atomic mass is 35.5. The van der Waals surface area contributed by atoms with Gasteiger partial charge in [0, 0.05) is 12.0 Å². The molecule has 3 aromatic rings. The summed E-state index contributed by atoms with van der Waals surface area (Å²) in [7, 11) is 0. The number of amidine groups is 2. The van der Waals surface area contributed by atoms with Crippen LogP contribution >= 0.6 is 23.4 Å². The number of aliphatic imine (C=N–C) groups is 2. The van der Waals surface area contributed by atoms with Crippen LogP contribution in [0.15, 0.2) is 88.8 Å². The predicted molar refractivity (Wildman–Crippen MR) is 133 cm³/mol. The second-order valence-electron chi connectivity index (χ2n) is 7.56. The third-order valence-electron chi connectivity index (χ3n) is 5.30. The number of nitrogens with zero attached hydrogens (tertiary/aromatic N) is 3. The number of para-hydroxylation sites is 2. The first-order chi connectivity index (χ1) is 16.1. The number of rotatable bonds is 5. The number of thioether (sulfide) groups is 1. The molecule has 33 heavy (non-hydrogen) atoms. The van der Waals surface area contributed by atoms with Crippen LogP contribution < -0.4 is 5.32 Å². The van der Waals surface area contributed by atoms with E-state index in [1.165, 1.54) is 11.8 Å². The van der Waals surface area contributed by atoms with E-state index in [9.17, 15) is 9.59 Å². The zero-order chi connectivity index (χ0) is 22.8. The smallest absolute Gasteiger partial charge is 0.259 e. The number of nitrogens with one attached hydrogen (secondary N) is 1. The summed E-state index contributed by atoms with van der Waals surface area (Å²) < 4.78 is 0. The number of carbonyl (C=O) groups is 2. The van der Waals surface area contributed by atoms with Crippen molar-refractivity contribution >= 4 is 57.6 Å². The van der Waals surface area contributed by atoms with Gasteiger partial charge in [0.1, 0.15) is 11.9 Å². The summed E-state index contributed by atoms with van der Waals surface area (Å²) in [5.41, 5.74) is 3.13. The zero-order valence-electron chi connectivity index (χ0n) is 17.4. The Morgan fingerprint density at radius 2 is 1.73 bits per heavy atom. The van der Waals surface area contributed by atoms with E-state index in [0.717, 1.165) is 16.8 Å². The molecule has 8 heteroatoms. The Morgan fingerprint density at radius 3 is 2.55 bits per heavy atom. The molecule has 0 radical (unpaired) electrons. The van der Waals surface area contributed by atoms with Gasteiger partial charge in [-0.3, -0.25) is 14.6 Å². The molecule has 0 aromatic heterocycles. The van der Waals surface area contributed by atoms with E-state index in [4.69, 9.17) is 16.6 Å². The van der Waals surface area contributed by atoms with Crippen LogP contribution in [0, 0.1) is 0 Å². The van der Waals surface area contributed by atoms with Gasteiger partial charge in [-0.1, -0.05) is 78.0 Å². The Balaban J connectivity index is 1.37. The van der Waals surface area contributed by atoms with Crippen LogP contribution in [0.25, 0.3) is 0 Å². The lowest BCUT2D eigenvalue weighted by Crippen LogP contribution is -2.41. The van der Waals surface area contributed by atoms with Crippen LogP contribution in [0.5, 0.6) is 0 Å². The lowest BCUT2D eigenvalue weighted by Gasteiger charge is -2.25. The number of fused-ring (bicyclic) bond motifs is 3. The van der Waals surface area contributed by atoms with Gasteiger partial charge < -0.3 is 5.32 Å². The standard InChI is InChI=1S/C25H19ClN4O2S/c26-18-11-5-7-13-20(18)27-22(31)15-33-25-29-19-12-6-4-10-17(19)23-28-21(24(32)30(23)25)14-16-8-2-1-3-9-16/h1-13,21H,14-15H2,(H,27,31)/t21-/m1/s1. The minimum atomic E-state index is -0.531. The summed E-state index contributed by atoms with van der Waals surface area (Å²) >= 11 is 7.34. The molecule has 0 unspecified atom stereocenters. The van der Waals surface area contributed by atoms with Crippen molar-refractivity contribution in [1.82, 2.24) is 4.90 Å². The maximum Gasteiger partial charge on any atom is 0.259 e. The maximum absolute atomic E-state index is 13.3. The fourth-order valence-corrected chi connectivity index (χ4v) is 4.73. The molecule has 0 bridgehead atoms. The maximum atomic E-state index is 13.3. The van der Waals surface area contributed by atoms with E-state index in [1.54, 1.807) is 29.2 Å². The summed E-state index contributed by atoms with van der Waals surface area (Å²) in [6.45, 7) is 0. The van der Waals surface area contributed by atoms with Gasteiger partial charge in [0.2, 0.25) is 5.91 Å². The van der Waals surface area contributed by atoms with Crippen LogP contribution in [0.2, 0.25) is 5.02 Å². The van der Waals surface area contributed by atoms with Crippen LogP contribution in [-0.2, 0) is 16.0 Å². The predicted octanol–water partition coefficient (Wildman–Crippen LogP) is 4.91. The molecule has 0 spiro atoms. The van der Waals surface area contributed by atoms with Crippen molar-refractivity contribution in [3.05, 3.63) is 95.0 Å². The van der Waals surface area contributed by atoms with Gasteiger partial charge in [0.25, 0.3) is 5.91 Å². The number of benzene rings is 3. The van der Waals surface area contributed by atoms with Crippen molar-refractivity contribution in [2.45, 2.75) is 12.5 Å². The molecular weight excluding hydrogens is 456 g/mol. The fourth-order valence-electron chi connectivity index (χ4n) is 3.75. The minimum Gasteiger partial charge on any atom is -0.324 e. The third-order valence-corrected chi connectivity index (χ3v) is 6.57. The lowest BCUT2D eigenvalue weighted by atomic mass is 10.1. The quantitative estimate of drug-likeness (QED) is 0.570. The number of anilines is 1. The van der Waals surface area contributed by atoms with Crippen molar-refractivity contribution in [2.24, 2.45) is 9.98 Å². The average molecular weight is 475 g/mol. The first-order valence-electron chi connectivity index (χ1n) is 10.4. The largest absolute Gasteiger partial charge is 0.324 e. The highest BCUT2D eigenvalue weighted by Crippen LogP contribution is 2.34. The summed E-state index contributed by atoms with van der Waals surface area (Å²) in [4.78, 5) is 36.9. The van der Waals surface area contributed by atoms with Gasteiger partial charge in [-0.2, -0.15) is 0 Å². The Morgan fingerprint density at radius 1 is 1.00 bits per heavy atom. The molecule has 164 valence electrons. The van der Waals surface area contributed by atoms with Crippen molar-refractivity contribution in [1.29, 1.82) is 0 Å². The van der Waals surface area contributed by atoms with Crippen molar-refractivity contribution < 1.29 is 9.59 Å². The molecule has 2 aliphatic heterocycles. The Bertz CT molecular complexity index is 1290. The number of hydrogen-bond acceptors (Lipinski definition) is 5. The highest BCUT2D eigenvalue weighted by Gasteiger charge is 2.41. The molecule has 2 amide bonds. The first kappa shape index (κ1) is 21.4. The van der Waals surface area contributed by atoms with Crippen molar-refractivity contribution in [2.75, 3.05) is 11.1 Å². The minimum absolute atomic E-state index is 0.0760. The summed E-state index contributed by atoms with van der Waals surface area (Å²) in [6, 6.07) is 23.9. The number of amides is 2. The van der Waals surface area contributed by atoms with Gasteiger partial charge in [0.15, 0.2) is 5.17 Å². The van der Waals surface area contributed by atoms with E-state index in [0.29, 0.717) is 28.1 Å². The molecule has 0 aliphatic carbocycles. The average Bonchev–Trinajstić information content (AvgIpc) is 3.16. The molecule has 2 heterocycles. The second kappa shape index (κ2) is 9.21. The fraction of sp³-hybridized carbons (Fsp3) is 0.120. The molecule has 0 fully saturated rings. The number of carbonyl (C=O) groups excluding carboxylic acids is 2. The van der Waals surface area contributed by atoms with Gasteiger partial charge in [-0.25, -0.2) is 9.89 Å². The highest BCUT2D eigenvalue weighted by molar-refractivity contribution is 8.14. The molecule has 0 saturated carbocycles. The van der Waals surface area contributed by atoms with E-state index in [1.807, 2.05) is 54.6 Å². The van der Waals surface area contributed by atoms with Gasteiger partial charge in [0.05, 0.1) is 22.2 Å². The van der Waals surface area contributed by atoms with Crippen LogP contribution in [0.1, 0.15) is 11.1 Å². The van der Waals surface area contributed by atoms with E-state index < -0.39 is 6.04 Å². The topological polar surface area (TPSA) is 74.1 Å². The molecule has 6 nitrogen and oxygen atoms in total. The Labute approximate surface area is 200 Å². The number of halogens is 1. The van der Waals surface area contributed by atoms with E-state index >= 15 is 0 Å². The molecule has 0 saturated heterocycles. The van der Waals surface area contributed by atoms with Gasteiger partial charge >= 0.3 is 0 Å². The van der Waals surface area contributed by atoms with Crippen LogP contribution in [0.4, 0.5) is 11.4 Å². The molecule has 1 N–H and O–H groups in total. The van der Waals surface area contributed by atoms with Crippen LogP contribution in [-0.4, -0.2) is 39.5 Å². The molecule has 5 rings (SSSR count). The summed E-state index contributed by atoms with van der Waals surface area (Å²) in [5, 5.41) is 3.71. The third kappa shape index (κ3) is 4.42. The van der Waals surface area contributed by atoms with Gasteiger partial charge in [-0.15, -0.1) is 0 Å². The number of hydrogen-bond donors (Lipinski definition) is 1. The lowest BCUT2D eigenvalue weighted by molar-refractivity contribution is -0.124. The van der Waals surface area contributed by atoms with Crippen molar-refractivity contribution in [3.8, 4) is 0 Å². The Hall–Kier alpha value is -3.42. The van der Waals surface area contributed by atoms with E-state index in [2.05, 4.69) is 10.3 Å². The summed E-state index contributed by atoms with van der Waals surface area (Å²) in [6.07, 6.45) is 0.507. The monoisotopic (exact) mass is 474 g/mol. The molecule has 3 aromatic carbocycles. The molecular formula is C25H19ClN4O2S. The Kier molecular flexibility index (Phi) is 5.98. The molecule has 2 aliphatic rings. The molecule has 1 atom stereocenters. The summed E-state index contributed by atoms with van der Waals surface area (Å²) in [5.74, 6) is 0.286.